The SMILES string of the molecule is CCNC(=O)Nc1cn2ccc(C(=O)OC)cc2n1.CCNC(=O)Nc1cn2ccc(C(N)=O)cc2n1. The average Bonchev–Trinajstić information content (AvgIpc) is 3.45. The highest BCUT2D eigenvalue weighted by atomic mass is 16.5. The summed E-state index contributed by atoms with van der Waals surface area (Å²) in [5, 5.41) is 10.4. The third-order valence-corrected chi connectivity index (χ3v) is 4.78. The fourth-order valence-electron chi connectivity index (χ4n) is 3.12. The van der Waals surface area contributed by atoms with Gasteiger partial charge in [0.05, 0.1) is 25.1 Å². The van der Waals surface area contributed by atoms with Crippen molar-refractivity contribution in [2.75, 3.05) is 30.8 Å². The van der Waals surface area contributed by atoms with E-state index in [2.05, 4.69) is 36.0 Å². The van der Waals surface area contributed by atoms with Crippen LogP contribution in [0.3, 0.4) is 0 Å². The van der Waals surface area contributed by atoms with Crippen LogP contribution in [0.5, 0.6) is 0 Å². The van der Waals surface area contributed by atoms with Gasteiger partial charge in [-0.25, -0.2) is 24.4 Å². The van der Waals surface area contributed by atoms with E-state index in [1.807, 2.05) is 13.8 Å². The van der Waals surface area contributed by atoms with Gasteiger partial charge in [-0.1, -0.05) is 0 Å². The molecule has 0 unspecified atom stereocenters. The molecule has 5 amide bonds. The molecule has 4 aromatic rings. The van der Waals surface area contributed by atoms with Crippen LogP contribution in [0.4, 0.5) is 21.2 Å². The highest BCUT2D eigenvalue weighted by Gasteiger charge is 2.10. The summed E-state index contributed by atoms with van der Waals surface area (Å²) >= 11 is 0. The van der Waals surface area contributed by atoms with Gasteiger partial charge < -0.3 is 29.9 Å². The van der Waals surface area contributed by atoms with E-state index in [4.69, 9.17) is 5.73 Å². The lowest BCUT2D eigenvalue weighted by atomic mass is 10.2. The molecule has 0 aliphatic rings. The number of ether oxygens (including phenoxy) is 1. The van der Waals surface area contributed by atoms with E-state index in [-0.39, 0.29) is 12.1 Å². The molecule has 6 N–H and O–H groups in total. The monoisotopic (exact) mass is 509 g/mol. The molecule has 0 radical (unpaired) electrons. The minimum atomic E-state index is -0.515. The molecular formula is C23H27N9O5. The second-order valence-electron chi connectivity index (χ2n) is 7.44. The lowest BCUT2D eigenvalue weighted by Crippen LogP contribution is -2.28. The predicted octanol–water partition coefficient (Wildman–Crippen LogP) is 1.84. The zero-order chi connectivity index (χ0) is 26.9. The number of primary amides is 1. The third-order valence-electron chi connectivity index (χ3n) is 4.78. The maximum atomic E-state index is 11.4. The van der Waals surface area contributed by atoms with E-state index in [0.717, 1.165) is 0 Å². The molecule has 0 atom stereocenters. The summed E-state index contributed by atoms with van der Waals surface area (Å²) < 4.78 is 8.02. The minimum absolute atomic E-state index is 0.320. The molecule has 0 aromatic carbocycles. The Morgan fingerprint density at radius 3 is 1.73 bits per heavy atom. The Morgan fingerprint density at radius 1 is 0.838 bits per heavy atom. The first kappa shape index (κ1) is 26.5. The van der Waals surface area contributed by atoms with E-state index in [1.54, 1.807) is 57.9 Å². The molecule has 4 rings (SSSR count). The number of urea groups is 2. The molecule has 194 valence electrons. The number of carbonyl (C=O) groups is 4. The Labute approximate surface area is 211 Å². The number of methoxy groups -OCH3 is 1. The number of imidazole rings is 2. The van der Waals surface area contributed by atoms with Crippen LogP contribution in [0.25, 0.3) is 11.3 Å². The summed E-state index contributed by atoms with van der Waals surface area (Å²) in [5.74, 6) is -0.127. The van der Waals surface area contributed by atoms with Gasteiger partial charge in [0, 0.05) is 31.0 Å². The van der Waals surface area contributed by atoms with Crippen molar-refractivity contribution in [1.82, 2.24) is 29.4 Å². The number of rotatable bonds is 6. The molecule has 4 aromatic heterocycles. The predicted molar refractivity (Wildman–Crippen MR) is 136 cm³/mol. The lowest BCUT2D eigenvalue weighted by Gasteiger charge is -2.00. The molecule has 0 saturated heterocycles. The second-order valence-corrected chi connectivity index (χ2v) is 7.44. The highest BCUT2D eigenvalue weighted by molar-refractivity contribution is 5.94. The Bertz CT molecular complexity index is 1440. The van der Waals surface area contributed by atoms with Gasteiger partial charge in [-0.3, -0.25) is 15.4 Å². The number of aromatic nitrogens is 4. The maximum absolute atomic E-state index is 11.4. The Morgan fingerprint density at radius 2 is 1.30 bits per heavy atom. The third kappa shape index (κ3) is 6.94. The van der Waals surface area contributed by atoms with Gasteiger partial charge in [-0.15, -0.1) is 0 Å². The Kier molecular flexibility index (Phi) is 8.59. The van der Waals surface area contributed by atoms with Crippen LogP contribution < -0.4 is 27.0 Å². The van der Waals surface area contributed by atoms with Crippen molar-refractivity contribution in [3.63, 3.8) is 0 Å². The number of esters is 1. The molecule has 0 spiro atoms. The maximum Gasteiger partial charge on any atom is 0.338 e. The first-order valence-electron chi connectivity index (χ1n) is 11.2. The number of nitrogens with one attached hydrogen (secondary N) is 4. The molecule has 0 bridgehead atoms. The number of carbonyl (C=O) groups excluding carboxylic acids is 4. The van der Waals surface area contributed by atoms with E-state index >= 15 is 0 Å². The van der Waals surface area contributed by atoms with Crippen molar-refractivity contribution < 1.29 is 23.9 Å². The summed E-state index contributed by atoms with van der Waals surface area (Å²) in [7, 11) is 1.32. The number of pyridine rings is 2. The zero-order valence-corrected chi connectivity index (χ0v) is 20.4. The lowest BCUT2D eigenvalue weighted by molar-refractivity contribution is 0.0600. The van der Waals surface area contributed by atoms with Crippen LogP contribution >= 0.6 is 0 Å². The van der Waals surface area contributed by atoms with Crippen molar-refractivity contribution in [3.05, 3.63) is 60.2 Å². The fourth-order valence-corrected chi connectivity index (χ4v) is 3.12. The number of nitrogens with two attached hydrogens (primary N) is 1. The van der Waals surface area contributed by atoms with Gasteiger partial charge in [0.25, 0.3) is 0 Å². The van der Waals surface area contributed by atoms with Crippen molar-refractivity contribution in [3.8, 4) is 0 Å². The zero-order valence-electron chi connectivity index (χ0n) is 20.4. The van der Waals surface area contributed by atoms with E-state index in [0.29, 0.717) is 47.1 Å². The highest BCUT2D eigenvalue weighted by Crippen LogP contribution is 2.13. The summed E-state index contributed by atoms with van der Waals surface area (Å²) in [6, 6.07) is 5.72. The van der Waals surface area contributed by atoms with Gasteiger partial charge >= 0.3 is 18.0 Å². The quantitative estimate of drug-likeness (QED) is 0.245. The Hall–Kier alpha value is -5.14. The van der Waals surface area contributed by atoms with Crippen LogP contribution in [-0.4, -0.2) is 62.9 Å². The van der Waals surface area contributed by atoms with Gasteiger partial charge in [0.1, 0.15) is 11.3 Å². The molecule has 0 aliphatic carbocycles. The Balaban J connectivity index is 0.000000206. The molecule has 14 nitrogen and oxygen atoms in total. The summed E-state index contributed by atoms with van der Waals surface area (Å²) in [4.78, 5) is 53.4. The average molecular weight is 510 g/mol. The molecule has 0 fully saturated rings. The summed E-state index contributed by atoms with van der Waals surface area (Å²) in [5.41, 5.74) is 7.05. The topological polar surface area (TPSA) is 186 Å². The van der Waals surface area contributed by atoms with Crippen LogP contribution in [0.15, 0.2) is 49.1 Å². The number of fused-ring (bicyclic) bond motifs is 2. The van der Waals surface area contributed by atoms with Crippen LogP contribution in [0.2, 0.25) is 0 Å². The standard InChI is InChI=1S/C12H14N4O3.C11H13N5O2/c1-3-13-12(18)15-9-7-16-5-4-8(11(17)19-2)6-10(16)14-9;1-2-13-11(18)15-8-6-16-4-3-7(10(12)17)5-9(16)14-8/h4-7H,3H2,1-2H3,(H2,13,15,18);3-6H,2H2,1H3,(H2,12,17)(H2,13,15,18). The van der Waals surface area contributed by atoms with Crippen molar-refractivity contribution >= 4 is 46.9 Å². The normalized spacial score (nSPS) is 10.2. The van der Waals surface area contributed by atoms with Crippen molar-refractivity contribution in [1.29, 1.82) is 0 Å². The largest absolute Gasteiger partial charge is 0.465 e. The van der Waals surface area contributed by atoms with Crippen molar-refractivity contribution in [2.45, 2.75) is 13.8 Å². The first-order chi connectivity index (χ1) is 17.7. The molecular weight excluding hydrogens is 482 g/mol. The van der Waals surface area contributed by atoms with E-state index in [9.17, 15) is 19.2 Å². The van der Waals surface area contributed by atoms with Gasteiger partial charge in [-0.2, -0.15) is 0 Å². The molecule has 0 aliphatic heterocycles. The van der Waals surface area contributed by atoms with Crippen LogP contribution in [0, 0.1) is 0 Å². The number of amides is 5. The van der Waals surface area contributed by atoms with Crippen LogP contribution in [-0.2, 0) is 4.74 Å². The van der Waals surface area contributed by atoms with Gasteiger partial charge in [0.2, 0.25) is 5.91 Å². The van der Waals surface area contributed by atoms with Crippen LogP contribution in [0.1, 0.15) is 34.6 Å². The number of nitrogens with zero attached hydrogens (tertiary/aromatic N) is 4. The van der Waals surface area contributed by atoms with E-state index < -0.39 is 11.9 Å². The number of anilines is 2. The van der Waals surface area contributed by atoms with E-state index in [1.165, 1.54) is 7.11 Å². The van der Waals surface area contributed by atoms with Gasteiger partial charge in [-0.05, 0) is 38.1 Å². The molecule has 0 saturated carbocycles. The summed E-state index contributed by atoms with van der Waals surface area (Å²) in [6.07, 6.45) is 6.64. The number of hydrogen-bond acceptors (Lipinski definition) is 7. The number of hydrogen-bond donors (Lipinski definition) is 5. The fraction of sp³-hybridized carbons (Fsp3) is 0.217. The molecule has 37 heavy (non-hydrogen) atoms. The molecule has 4 heterocycles. The molecule has 14 heteroatoms. The second kappa shape index (κ2) is 12.0. The summed E-state index contributed by atoms with van der Waals surface area (Å²) in [6.45, 7) is 4.71. The minimum Gasteiger partial charge on any atom is -0.465 e. The van der Waals surface area contributed by atoms with Gasteiger partial charge in [0.15, 0.2) is 11.6 Å². The first-order valence-corrected chi connectivity index (χ1v) is 11.2. The van der Waals surface area contributed by atoms with Crippen molar-refractivity contribution in [2.24, 2.45) is 5.73 Å². The smallest absolute Gasteiger partial charge is 0.338 e.